The lowest BCUT2D eigenvalue weighted by Crippen LogP contribution is -2.46. The number of methoxy groups -OCH3 is 1. The Hall–Kier alpha value is -3.88. The molecule has 2 aromatic carbocycles. The summed E-state index contributed by atoms with van der Waals surface area (Å²) < 4.78 is 10.7. The Labute approximate surface area is 204 Å². The third-order valence-electron chi connectivity index (χ3n) is 5.74. The van der Waals surface area contributed by atoms with Gasteiger partial charge in [-0.25, -0.2) is 4.90 Å². The molecule has 1 aliphatic heterocycles. The highest BCUT2D eigenvalue weighted by Crippen LogP contribution is 2.28. The van der Waals surface area contributed by atoms with Crippen molar-refractivity contribution in [3.63, 3.8) is 0 Å². The van der Waals surface area contributed by atoms with E-state index in [0.29, 0.717) is 30.2 Å². The zero-order valence-corrected chi connectivity index (χ0v) is 19.9. The molecule has 0 bridgehead atoms. The minimum Gasteiger partial charge on any atom is -0.497 e. The second kappa shape index (κ2) is 12.0. The largest absolute Gasteiger partial charge is 0.497 e. The summed E-state index contributed by atoms with van der Waals surface area (Å²) in [5.41, 5.74) is 1.32. The molecule has 2 aromatic rings. The first-order valence-corrected chi connectivity index (χ1v) is 11.6. The van der Waals surface area contributed by atoms with Crippen LogP contribution in [0.25, 0.3) is 0 Å². The topological polar surface area (TPSA) is 113 Å². The summed E-state index contributed by atoms with van der Waals surface area (Å²) in [6.07, 6.45) is 0.530. The maximum absolute atomic E-state index is 13.3. The number of amides is 3. The van der Waals surface area contributed by atoms with Crippen molar-refractivity contribution < 1.29 is 33.8 Å². The highest BCUT2D eigenvalue weighted by atomic mass is 16.5. The van der Waals surface area contributed by atoms with Crippen LogP contribution in [0.1, 0.15) is 38.2 Å². The predicted octanol–water partition coefficient (Wildman–Crippen LogP) is 3.05. The highest BCUT2D eigenvalue weighted by molar-refractivity contribution is 6.23. The highest BCUT2D eigenvalue weighted by Gasteiger charge is 2.44. The van der Waals surface area contributed by atoms with Crippen LogP contribution in [0.2, 0.25) is 0 Å². The fraction of sp³-hybridized carbons (Fsp3) is 0.385. The van der Waals surface area contributed by atoms with Crippen molar-refractivity contribution >= 4 is 29.4 Å². The van der Waals surface area contributed by atoms with Gasteiger partial charge in [-0.2, -0.15) is 0 Å². The minimum atomic E-state index is -1.10. The predicted molar refractivity (Wildman–Crippen MR) is 128 cm³/mol. The Bertz CT molecular complexity index is 1050. The van der Waals surface area contributed by atoms with E-state index in [0.717, 1.165) is 16.9 Å². The molecule has 1 N–H and O–H groups in total. The van der Waals surface area contributed by atoms with E-state index in [-0.39, 0.29) is 25.8 Å². The van der Waals surface area contributed by atoms with E-state index in [1.165, 1.54) is 4.90 Å². The lowest BCUT2D eigenvalue weighted by Gasteiger charge is -2.28. The molecule has 3 amide bonds. The SMILES string of the molecule is CCCOc1ccc(N2C(=O)C[C@H](N(CCc3ccc(OC)cc3)C(=O)CCC(=O)O)C2=O)cc1. The van der Waals surface area contributed by atoms with E-state index in [1.54, 1.807) is 43.5 Å². The first-order chi connectivity index (χ1) is 16.8. The van der Waals surface area contributed by atoms with Crippen molar-refractivity contribution in [1.82, 2.24) is 4.90 Å². The van der Waals surface area contributed by atoms with Gasteiger partial charge < -0.3 is 19.5 Å². The number of nitrogens with zero attached hydrogens (tertiary/aromatic N) is 2. The van der Waals surface area contributed by atoms with Crippen LogP contribution in [0, 0.1) is 0 Å². The van der Waals surface area contributed by atoms with Crippen LogP contribution in [-0.4, -0.2) is 60.0 Å². The maximum Gasteiger partial charge on any atom is 0.303 e. The zero-order valence-electron chi connectivity index (χ0n) is 19.9. The fourth-order valence-corrected chi connectivity index (χ4v) is 3.90. The Balaban J connectivity index is 1.77. The Morgan fingerprint density at radius 1 is 1.03 bits per heavy atom. The first kappa shape index (κ1) is 25.7. The van der Waals surface area contributed by atoms with Gasteiger partial charge in [0.2, 0.25) is 11.8 Å². The number of carboxylic acids is 1. The van der Waals surface area contributed by atoms with Gasteiger partial charge >= 0.3 is 5.97 Å². The maximum atomic E-state index is 13.3. The molecule has 186 valence electrons. The van der Waals surface area contributed by atoms with Crippen LogP contribution < -0.4 is 14.4 Å². The minimum absolute atomic E-state index is 0.158. The number of hydrogen-bond acceptors (Lipinski definition) is 6. The molecule has 0 unspecified atom stereocenters. The lowest BCUT2D eigenvalue weighted by atomic mass is 10.1. The van der Waals surface area contributed by atoms with Gasteiger partial charge in [-0.15, -0.1) is 0 Å². The second-order valence-corrected chi connectivity index (χ2v) is 8.21. The molecule has 1 saturated heterocycles. The second-order valence-electron chi connectivity index (χ2n) is 8.21. The number of carbonyl (C=O) groups is 4. The van der Waals surface area contributed by atoms with Gasteiger partial charge in [0.15, 0.2) is 0 Å². The summed E-state index contributed by atoms with van der Waals surface area (Å²) in [5.74, 6) is -1.16. The number of rotatable bonds is 12. The molecule has 0 radical (unpaired) electrons. The summed E-state index contributed by atoms with van der Waals surface area (Å²) in [6.45, 7) is 2.73. The smallest absolute Gasteiger partial charge is 0.303 e. The Morgan fingerprint density at radius 3 is 2.29 bits per heavy atom. The molecular weight excluding hydrogens is 452 g/mol. The molecule has 0 aromatic heterocycles. The molecule has 0 spiro atoms. The molecule has 35 heavy (non-hydrogen) atoms. The van der Waals surface area contributed by atoms with Crippen molar-refractivity contribution in [2.75, 3.05) is 25.2 Å². The molecule has 1 fully saturated rings. The molecule has 3 rings (SSSR count). The molecule has 1 aliphatic rings. The van der Waals surface area contributed by atoms with E-state index in [1.807, 2.05) is 19.1 Å². The van der Waals surface area contributed by atoms with Crippen LogP contribution >= 0.6 is 0 Å². The number of carbonyl (C=O) groups excluding carboxylic acids is 3. The Kier molecular flexibility index (Phi) is 8.83. The van der Waals surface area contributed by atoms with E-state index in [4.69, 9.17) is 14.6 Å². The van der Waals surface area contributed by atoms with Gasteiger partial charge in [0, 0.05) is 13.0 Å². The summed E-state index contributed by atoms with van der Waals surface area (Å²) in [7, 11) is 1.57. The molecule has 0 saturated carbocycles. The number of hydrogen-bond donors (Lipinski definition) is 1. The lowest BCUT2D eigenvalue weighted by molar-refractivity contribution is -0.143. The first-order valence-electron chi connectivity index (χ1n) is 11.6. The standard InChI is InChI=1S/C26H30N2O7/c1-3-16-35-21-10-6-19(7-11-21)28-24(30)17-22(26(28)33)27(23(29)12-13-25(31)32)15-14-18-4-8-20(34-2)9-5-18/h4-11,22H,3,12-17H2,1-2H3,(H,31,32)/t22-/m0/s1. The van der Waals surface area contributed by atoms with Crippen molar-refractivity contribution in [3.8, 4) is 11.5 Å². The van der Waals surface area contributed by atoms with Crippen molar-refractivity contribution in [3.05, 3.63) is 54.1 Å². The van der Waals surface area contributed by atoms with Crippen LogP contribution in [0.15, 0.2) is 48.5 Å². The average molecular weight is 483 g/mol. The van der Waals surface area contributed by atoms with Crippen LogP contribution in [0.4, 0.5) is 5.69 Å². The van der Waals surface area contributed by atoms with Gasteiger partial charge in [0.25, 0.3) is 5.91 Å². The monoisotopic (exact) mass is 482 g/mol. The summed E-state index contributed by atoms with van der Waals surface area (Å²) >= 11 is 0. The molecule has 1 atom stereocenters. The third kappa shape index (κ3) is 6.59. The van der Waals surface area contributed by atoms with Crippen LogP contribution in [-0.2, 0) is 25.6 Å². The van der Waals surface area contributed by atoms with Gasteiger partial charge in [0.1, 0.15) is 17.5 Å². The van der Waals surface area contributed by atoms with E-state index in [9.17, 15) is 19.2 Å². The number of benzene rings is 2. The van der Waals surface area contributed by atoms with E-state index >= 15 is 0 Å². The van der Waals surface area contributed by atoms with Crippen LogP contribution in [0.5, 0.6) is 11.5 Å². The Morgan fingerprint density at radius 2 is 1.69 bits per heavy atom. The summed E-state index contributed by atoms with van der Waals surface area (Å²) in [5, 5.41) is 9.01. The molecule has 9 heteroatoms. The molecule has 9 nitrogen and oxygen atoms in total. The quantitative estimate of drug-likeness (QED) is 0.463. The summed E-state index contributed by atoms with van der Waals surface area (Å²) in [6, 6.07) is 13.0. The molecular formula is C26H30N2O7. The van der Waals surface area contributed by atoms with E-state index in [2.05, 4.69) is 0 Å². The fourth-order valence-electron chi connectivity index (χ4n) is 3.90. The summed E-state index contributed by atoms with van der Waals surface area (Å²) in [4.78, 5) is 52.5. The van der Waals surface area contributed by atoms with Crippen molar-refractivity contribution in [2.45, 2.75) is 45.1 Å². The zero-order chi connectivity index (χ0) is 25.4. The number of anilines is 1. The number of ether oxygens (including phenoxy) is 2. The average Bonchev–Trinajstić information content (AvgIpc) is 3.15. The van der Waals surface area contributed by atoms with Crippen molar-refractivity contribution in [1.29, 1.82) is 0 Å². The van der Waals surface area contributed by atoms with Crippen molar-refractivity contribution in [2.24, 2.45) is 0 Å². The number of aliphatic carboxylic acids is 1. The van der Waals surface area contributed by atoms with Gasteiger partial charge in [-0.3, -0.25) is 19.2 Å². The van der Waals surface area contributed by atoms with Gasteiger partial charge in [0.05, 0.1) is 32.2 Å². The van der Waals surface area contributed by atoms with Gasteiger partial charge in [-0.05, 0) is 54.8 Å². The number of imide groups is 1. The van der Waals surface area contributed by atoms with E-state index < -0.39 is 29.7 Å². The normalized spacial score (nSPS) is 15.3. The molecule has 0 aliphatic carbocycles. The molecule has 1 heterocycles. The van der Waals surface area contributed by atoms with Crippen LogP contribution in [0.3, 0.4) is 0 Å². The third-order valence-corrected chi connectivity index (χ3v) is 5.74. The van der Waals surface area contributed by atoms with Gasteiger partial charge in [-0.1, -0.05) is 19.1 Å². The number of carboxylic acid groups (broad SMARTS) is 1.